The molecule has 1 atom stereocenters. The van der Waals surface area contributed by atoms with Crippen LogP contribution in [0.1, 0.15) is 19.8 Å². The molecule has 0 radical (unpaired) electrons. The number of carbonyl (C=O) groups is 1. The number of likely N-dealkylation sites (tertiary alicyclic amines) is 1. The smallest absolute Gasteiger partial charge is 0.216 e. The molecule has 1 aliphatic rings. The van der Waals surface area contributed by atoms with Crippen LogP contribution in [-0.4, -0.2) is 52.8 Å². The maximum absolute atomic E-state index is 11.1. The normalized spacial score (nSPS) is 17.2. The second kappa shape index (κ2) is 8.33. The van der Waals surface area contributed by atoms with Crippen molar-refractivity contribution in [2.75, 3.05) is 26.2 Å². The highest BCUT2D eigenvalue weighted by molar-refractivity contribution is 6.07. The quantitative estimate of drug-likeness (QED) is 0.692. The van der Waals surface area contributed by atoms with Gasteiger partial charge in [0.1, 0.15) is 0 Å². The first-order valence-corrected chi connectivity index (χ1v) is 10.2. The van der Waals surface area contributed by atoms with Crippen LogP contribution >= 0.6 is 0 Å². The maximum atomic E-state index is 11.1. The molecule has 0 unspecified atom stereocenters. The van der Waals surface area contributed by atoms with Crippen LogP contribution in [0.2, 0.25) is 0 Å². The molecular formula is C23H29N3O2. The van der Waals surface area contributed by atoms with Crippen molar-refractivity contribution in [1.29, 1.82) is 0 Å². The highest BCUT2D eigenvalue weighted by Crippen LogP contribution is 2.29. The minimum Gasteiger partial charge on any atom is -0.390 e. The number of β-amino-alcohol motifs (C(OH)–C–C–N with tert-alkyl or cyclic N) is 1. The Morgan fingerprint density at radius 1 is 1.04 bits per heavy atom. The fourth-order valence-electron chi connectivity index (χ4n) is 4.43. The summed E-state index contributed by atoms with van der Waals surface area (Å²) in [5, 5.41) is 16.2. The molecule has 3 aromatic rings. The van der Waals surface area contributed by atoms with Gasteiger partial charge in [-0.05, 0) is 44.0 Å². The molecular weight excluding hydrogens is 350 g/mol. The largest absolute Gasteiger partial charge is 0.390 e. The number of para-hydroxylation sites is 2. The monoisotopic (exact) mass is 379 g/mol. The van der Waals surface area contributed by atoms with Crippen molar-refractivity contribution in [3.63, 3.8) is 0 Å². The Morgan fingerprint density at radius 3 is 2.18 bits per heavy atom. The van der Waals surface area contributed by atoms with Gasteiger partial charge in [0, 0.05) is 41.8 Å². The number of hydrogen-bond acceptors (Lipinski definition) is 3. The molecule has 0 bridgehead atoms. The van der Waals surface area contributed by atoms with Gasteiger partial charge in [0.2, 0.25) is 5.91 Å². The third-order valence-corrected chi connectivity index (χ3v) is 5.89. The van der Waals surface area contributed by atoms with E-state index < -0.39 is 6.10 Å². The first-order valence-electron chi connectivity index (χ1n) is 10.2. The van der Waals surface area contributed by atoms with Crippen LogP contribution in [0.3, 0.4) is 0 Å². The summed E-state index contributed by atoms with van der Waals surface area (Å²) in [7, 11) is 0. The highest BCUT2D eigenvalue weighted by atomic mass is 16.3. The SMILES string of the molecule is CC(=O)NCC1CCN(C[C@H](O)Cn2c3ccccc3c3ccccc32)CC1. The molecule has 2 N–H and O–H groups in total. The van der Waals surface area contributed by atoms with Crippen molar-refractivity contribution < 1.29 is 9.90 Å². The molecule has 1 fully saturated rings. The molecule has 4 rings (SSSR count). The first-order chi connectivity index (χ1) is 13.6. The van der Waals surface area contributed by atoms with Gasteiger partial charge in [-0.15, -0.1) is 0 Å². The molecule has 28 heavy (non-hydrogen) atoms. The van der Waals surface area contributed by atoms with E-state index in [2.05, 4.69) is 63.3 Å². The van der Waals surface area contributed by atoms with Crippen molar-refractivity contribution in [1.82, 2.24) is 14.8 Å². The number of nitrogens with zero attached hydrogens (tertiary/aromatic N) is 2. The van der Waals surface area contributed by atoms with Gasteiger partial charge < -0.3 is 19.9 Å². The molecule has 5 heteroatoms. The number of nitrogens with one attached hydrogen (secondary N) is 1. The van der Waals surface area contributed by atoms with Crippen molar-refractivity contribution in [3.8, 4) is 0 Å². The van der Waals surface area contributed by atoms with E-state index in [-0.39, 0.29) is 5.91 Å². The molecule has 148 valence electrons. The van der Waals surface area contributed by atoms with E-state index in [0.717, 1.165) is 32.5 Å². The van der Waals surface area contributed by atoms with E-state index in [1.54, 1.807) is 6.92 Å². The lowest BCUT2D eigenvalue weighted by molar-refractivity contribution is -0.119. The molecule has 1 saturated heterocycles. The summed E-state index contributed by atoms with van der Waals surface area (Å²) in [4.78, 5) is 13.4. The van der Waals surface area contributed by atoms with Gasteiger partial charge in [-0.25, -0.2) is 0 Å². The zero-order valence-electron chi connectivity index (χ0n) is 16.5. The van der Waals surface area contributed by atoms with Gasteiger partial charge in [0.15, 0.2) is 0 Å². The van der Waals surface area contributed by atoms with Crippen LogP contribution in [0.4, 0.5) is 0 Å². The Morgan fingerprint density at radius 2 is 1.61 bits per heavy atom. The first kappa shape index (κ1) is 19.0. The van der Waals surface area contributed by atoms with Crippen LogP contribution in [0.25, 0.3) is 21.8 Å². The van der Waals surface area contributed by atoms with Crippen molar-refractivity contribution in [2.45, 2.75) is 32.4 Å². The van der Waals surface area contributed by atoms with Gasteiger partial charge >= 0.3 is 0 Å². The summed E-state index contributed by atoms with van der Waals surface area (Å²) in [6, 6.07) is 16.8. The number of benzene rings is 2. The zero-order chi connectivity index (χ0) is 19.5. The van der Waals surface area contributed by atoms with Crippen LogP contribution in [0.5, 0.6) is 0 Å². The average molecular weight is 380 g/mol. The average Bonchev–Trinajstić information content (AvgIpc) is 3.02. The number of amides is 1. The lowest BCUT2D eigenvalue weighted by atomic mass is 9.96. The Hall–Kier alpha value is -2.37. The Labute approximate surface area is 165 Å². The summed E-state index contributed by atoms with van der Waals surface area (Å²) in [5.41, 5.74) is 2.36. The van der Waals surface area contributed by atoms with Gasteiger partial charge in [-0.2, -0.15) is 0 Å². The fourth-order valence-corrected chi connectivity index (χ4v) is 4.43. The third-order valence-electron chi connectivity index (χ3n) is 5.89. The summed E-state index contributed by atoms with van der Waals surface area (Å²) < 4.78 is 2.25. The number of fused-ring (bicyclic) bond motifs is 3. The molecule has 0 spiro atoms. The van der Waals surface area contributed by atoms with Crippen LogP contribution in [0.15, 0.2) is 48.5 Å². The summed E-state index contributed by atoms with van der Waals surface area (Å²) in [6.07, 6.45) is 1.73. The van der Waals surface area contributed by atoms with Crippen LogP contribution in [0, 0.1) is 5.92 Å². The van der Waals surface area contributed by atoms with Crippen LogP contribution < -0.4 is 5.32 Å². The standard InChI is InChI=1S/C23H29N3O2/c1-17(27)24-14-18-10-12-25(13-11-18)15-19(28)16-26-22-8-4-2-6-20(22)21-7-3-5-9-23(21)26/h2-9,18-19,28H,10-16H2,1H3,(H,24,27)/t19-/m0/s1. The van der Waals surface area contributed by atoms with Crippen molar-refractivity contribution in [2.24, 2.45) is 5.92 Å². The van der Waals surface area contributed by atoms with Gasteiger partial charge in [0.05, 0.1) is 12.6 Å². The Balaban J connectivity index is 1.41. The molecule has 1 aliphatic heterocycles. The predicted molar refractivity (Wildman–Crippen MR) is 113 cm³/mol. The summed E-state index contributed by atoms with van der Waals surface area (Å²) in [5.74, 6) is 0.596. The van der Waals surface area contributed by atoms with Crippen molar-refractivity contribution in [3.05, 3.63) is 48.5 Å². The second-order valence-electron chi connectivity index (χ2n) is 7.98. The molecule has 0 aliphatic carbocycles. The van der Waals surface area contributed by atoms with E-state index in [1.807, 2.05) is 0 Å². The third kappa shape index (κ3) is 4.05. The molecule has 1 aromatic heterocycles. The summed E-state index contributed by atoms with van der Waals surface area (Å²) in [6.45, 7) is 5.59. The van der Waals surface area contributed by atoms with E-state index in [0.29, 0.717) is 19.0 Å². The second-order valence-corrected chi connectivity index (χ2v) is 7.98. The number of aliphatic hydroxyl groups excluding tert-OH is 1. The minimum absolute atomic E-state index is 0.0454. The molecule has 2 heterocycles. The Bertz CT molecular complexity index is 904. The molecule has 1 amide bonds. The lowest BCUT2D eigenvalue weighted by Crippen LogP contribution is -2.42. The number of carbonyl (C=O) groups excluding carboxylic acids is 1. The zero-order valence-corrected chi connectivity index (χ0v) is 16.5. The number of rotatable bonds is 6. The molecule has 2 aromatic carbocycles. The maximum Gasteiger partial charge on any atom is 0.216 e. The van der Waals surface area contributed by atoms with Crippen molar-refractivity contribution >= 4 is 27.7 Å². The highest BCUT2D eigenvalue weighted by Gasteiger charge is 2.22. The number of aromatic nitrogens is 1. The van der Waals surface area contributed by atoms with Gasteiger partial charge in [-0.3, -0.25) is 4.79 Å². The number of piperidine rings is 1. The van der Waals surface area contributed by atoms with Gasteiger partial charge in [-0.1, -0.05) is 36.4 Å². The Kier molecular flexibility index (Phi) is 5.64. The minimum atomic E-state index is -0.411. The number of hydrogen-bond donors (Lipinski definition) is 2. The lowest BCUT2D eigenvalue weighted by Gasteiger charge is -2.33. The van der Waals surface area contributed by atoms with E-state index in [9.17, 15) is 9.90 Å². The molecule has 5 nitrogen and oxygen atoms in total. The number of aliphatic hydroxyl groups is 1. The topological polar surface area (TPSA) is 57.5 Å². The van der Waals surface area contributed by atoms with Gasteiger partial charge in [0.25, 0.3) is 0 Å². The molecule has 0 saturated carbocycles. The van der Waals surface area contributed by atoms with E-state index in [4.69, 9.17) is 0 Å². The van der Waals surface area contributed by atoms with Crippen LogP contribution in [-0.2, 0) is 11.3 Å². The van der Waals surface area contributed by atoms with E-state index >= 15 is 0 Å². The fraction of sp³-hybridized carbons (Fsp3) is 0.435. The predicted octanol–water partition coefficient (Wildman–Crippen LogP) is 3.00. The van der Waals surface area contributed by atoms with E-state index in [1.165, 1.54) is 21.8 Å². The summed E-state index contributed by atoms with van der Waals surface area (Å²) >= 11 is 0.